The van der Waals surface area contributed by atoms with Gasteiger partial charge < -0.3 is 4.74 Å². The van der Waals surface area contributed by atoms with E-state index in [1.54, 1.807) is 36.4 Å². The van der Waals surface area contributed by atoms with Crippen molar-refractivity contribution in [2.75, 3.05) is 18.0 Å². The molecule has 0 fully saturated rings. The molecule has 0 radical (unpaired) electrons. The van der Waals surface area contributed by atoms with E-state index in [-0.39, 0.29) is 4.90 Å². The van der Waals surface area contributed by atoms with Crippen molar-refractivity contribution in [3.63, 3.8) is 0 Å². The number of anilines is 1. The summed E-state index contributed by atoms with van der Waals surface area (Å²) in [5.74, 6) is -0.635. The number of sulfonamides is 1. The summed E-state index contributed by atoms with van der Waals surface area (Å²) in [4.78, 5) is 11.8. The van der Waals surface area contributed by atoms with Crippen molar-refractivity contribution in [3.05, 3.63) is 56.6 Å². The van der Waals surface area contributed by atoms with E-state index in [9.17, 15) is 13.2 Å². The van der Waals surface area contributed by atoms with E-state index in [1.807, 2.05) is 0 Å². The van der Waals surface area contributed by atoms with E-state index in [4.69, 9.17) is 0 Å². The molecule has 0 heterocycles. The summed E-state index contributed by atoms with van der Waals surface area (Å²) in [6.07, 6.45) is 0. The third-order valence-corrected chi connectivity index (χ3v) is 6.05. The molecule has 0 unspecified atom stereocenters. The quantitative estimate of drug-likeness (QED) is 0.457. The predicted molar refractivity (Wildman–Crippen MR) is 99.8 cm³/mol. The van der Waals surface area contributed by atoms with Gasteiger partial charge in [-0.1, -0.05) is 15.9 Å². The van der Waals surface area contributed by atoms with Gasteiger partial charge in [-0.25, -0.2) is 8.42 Å². The fraction of sp³-hybridized carbons (Fsp3) is 0.133. The lowest BCUT2D eigenvalue weighted by molar-refractivity contribution is -0.138. The Balaban J connectivity index is 2.49. The average Bonchev–Trinajstić information content (AvgIpc) is 2.53. The summed E-state index contributed by atoms with van der Waals surface area (Å²) < 4.78 is 33.2. The molecule has 2 aromatic carbocycles. The van der Waals surface area contributed by atoms with Crippen LogP contribution in [-0.2, 0) is 19.6 Å². The number of carbonyl (C=O) groups excluding carboxylic acids is 1. The zero-order chi connectivity index (χ0) is 17.0. The Hall–Kier alpha value is -1.13. The second kappa shape index (κ2) is 7.63. The zero-order valence-electron chi connectivity index (χ0n) is 12.1. The molecule has 2 aromatic rings. The second-order valence-corrected chi connectivity index (χ2v) is 8.54. The molecule has 5 nitrogen and oxygen atoms in total. The monoisotopic (exact) mass is 509 g/mol. The summed E-state index contributed by atoms with van der Waals surface area (Å²) in [6.45, 7) is -0.393. The third kappa shape index (κ3) is 4.45. The van der Waals surface area contributed by atoms with Crippen LogP contribution in [0.2, 0.25) is 0 Å². The smallest absolute Gasteiger partial charge is 0.326 e. The number of ether oxygens (including phenoxy) is 1. The maximum atomic E-state index is 12.9. The average molecular weight is 510 g/mol. The van der Waals surface area contributed by atoms with Crippen molar-refractivity contribution < 1.29 is 17.9 Å². The lowest BCUT2D eigenvalue weighted by atomic mass is 10.3. The van der Waals surface area contributed by atoms with Gasteiger partial charge in [-0.05, 0) is 71.1 Å². The maximum absolute atomic E-state index is 12.9. The molecule has 0 spiro atoms. The van der Waals surface area contributed by atoms with Crippen LogP contribution in [0.15, 0.2) is 57.9 Å². The Bertz CT molecular complexity index is 791. The number of esters is 1. The van der Waals surface area contributed by atoms with E-state index in [2.05, 4.69) is 43.3 Å². The van der Waals surface area contributed by atoms with Gasteiger partial charge in [0.25, 0.3) is 10.0 Å². The topological polar surface area (TPSA) is 63.7 Å². The molecule has 0 N–H and O–H groups in total. The molecule has 0 amide bonds. The van der Waals surface area contributed by atoms with Crippen molar-refractivity contribution in [2.45, 2.75) is 4.90 Å². The first-order valence-electron chi connectivity index (χ1n) is 6.45. The number of rotatable bonds is 5. The van der Waals surface area contributed by atoms with Gasteiger partial charge in [0.15, 0.2) is 0 Å². The number of halogens is 2. The molecule has 0 aliphatic carbocycles. The minimum Gasteiger partial charge on any atom is -0.468 e. The number of hydrogen-bond donors (Lipinski definition) is 0. The molecule has 8 heteroatoms. The molecule has 0 saturated carbocycles. The minimum atomic E-state index is -3.88. The largest absolute Gasteiger partial charge is 0.468 e. The molecule has 0 aliphatic heterocycles. The molecule has 2 rings (SSSR count). The summed E-state index contributed by atoms with van der Waals surface area (Å²) in [6, 6.07) is 13.1. The van der Waals surface area contributed by atoms with Gasteiger partial charge in [0, 0.05) is 8.04 Å². The van der Waals surface area contributed by atoms with Crippen LogP contribution < -0.4 is 4.31 Å². The van der Waals surface area contributed by atoms with Crippen LogP contribution in [-0.4, -0.2) is 28.0 Å². The highest BCUT2D eigenvalue weighted by Crippen LogP contribution is 2.25. The Morgan fingerprint density at radius 2 is 1.70 bits per heavy atom. The Morgan fingerprint density at radius 3 is 2.22 bits per heavy atom. The van der Waals surface area contributed by atoms with Crippen LogP contribution in [0.3, 0.4) is 0 Å². The number of nitrogens with zero attached hydrogens (tertiary/aromatic N) is 1. The fourth-order valence-corrected chi connectivity index (χ4v) is 3.87. The van der Waals surface area contributed by atoms with Crippen LogP contribution >= 0.6 is 38.5 Å². The van der Waals surface area contributed by atoms with Gasteiger partial charge in [0.2, 0.25) is 0 Å². The summed E-state index contributed by atoms with van der Waals surface area (Å²) in [7, 11) is -2.66. The lowest BCUT2D eigenvalue weighted by Gasteiger charge is -2.23. The van der Waals surface area contributed by atoms with E-state index in [0.29, 0.717) is 5.69 Å². The van der Waals surface area contributed by atoms with E-state index >= 15 is 0 Å². The summed E-state index contributed by atoms with van der Waals surface area (Å²) >= 11 is 5.39. The molecular weight excluding hydrogens is 497 g/mol. The van der Waals surface area contributed by atoms with Crippen molar-refractivity contribution >= 4 is 60.2 Å². The van der Waals surface area contributed by atoms with Gasteiger partial charge >= 0.3 is 5.97 Å². The highest BCUT2D eigenvalue weighted by molar-refractivity contribution is 14.1. The van der Waals surface area contributed by atoms with Crippen LogP contribution in [0.25, 0.3) is 0 Å². The molecule has 0 atom stereocenters. The highest BCUT2D eigenvalue weighted by Gasteiger charge is 2.27. The maximum Gasteiger partial charge on any atom is 0.326 e. The molecule has 122 valence electrons. The van der Waals surface area contributed by atoms with E-state index in [1.165, 1.54) is 19.2 Å². The minimum absolute atomic E-state index is 0.100. The first-order valence-corrected chi connectivity index (χ1v) is 9.76. The van der Waals surface area contributed by atoms with Crippen molar-refractivity contribution in [2.24, 2.45) is 0 Å². The predicted octanol–water partition coefficient (Wildman–Crippen LogP) is 3.42. The second-order valence-electron chi connectivity index (χ2n) is 4.52. The van der Waals surface area contributed by atoms with Crippen LogP contribution in [0.5, 0.6) is 0 Å². The third-order valence-electron chi connectivity index (χ3n) is 3.02. The van der Waals surface area contributed by atoms with Gasteiger partial charge in [-0.3, -0.25) is 9.10 Å². The first-order chi connectivity index (χ1) is 10.8. The molecule has 23 heavy (non-hydrogen) atoms. The van der Waals surface area contributed by atoms with E-state index < -0.39 is 22.5 Å². The van der Waals surface area contributed by atoms with Gasteiger partial charge in [0.1, 0.15) is 6.54 Å². The lowest BCUT2D eigenvalue weighted by Crippen LogP contribution is -2.36. The Morgan fingerprint density at radius 1 is 1.13 bits per heavy atom. The molecular formula is C15H13BrINO4S. The number of carbonyl (C=O) groups is 1. The van der Waals surface area contributed by atoms with Crippen LogP contribution in [0.1, 0.15) is 0 Å². The van der Waals surface area contributed by atoms with Gasteiger partial charge in [-0.2, -0.15) is 0 Å². The van der Waals surface area contributed by atoms with Crippen LogP contribution in [0.4, 0.5) is 5.69 Å². The first kappa shape index (κ1) is 18.2. The van der Waals surface area contributed by atoms with E-state index in [0.717, 1.165) is 12.3 Å². The zero-order valence-corrected chi connectivity index (χ0v) is 16.6. The number of benzene rings is 2. The normalized spacial score (nSPS) is 11.1. The molecule has 0 aromatic heterocycles. The molecule has 0 saturated heterocycles. The number of methoxy groups -OCH3 is 1. The van der Waals surface area contributed by atoms with Crippen LogP contribution in [0, 0.1) is 3.57 Å². The van der Waals surface area contributed by atoms with Gasteiger partial charge in [-0.15, -0.1) is 0 Å². The Labute approximate surface area is 157 Å². The van der Waals surface area contributed by atoms with Crippen molar-refractivity contribution in [1.82, 2.24) is 0 Å². The van der Waals surface area contributed by atoms with Crippen molar-refractivity contribution in [3.8, 4) is 0 Å². The van der Waals surface area contributed by atoms with Gasteiger partial charge in [0.05, 0.1) is 17.7 Å². The highest BCUT2D eigenvalue weighted by atomic mass is 127. The Kier molecular flexibility index (Phi) is 6.04. The molecule has 0 aliphatic rings. The summed E-state index contributed by atoms with van der Waals surface area (Å²) in [5, 5.41) is 0. The SMILES string of the molecule is COC(=O)CN(c1ccc(I)cc1)S(=O)(=O)c1ccc(Br)cc1. The standard InChI is InChI=1S/C15H13BrINO4S/c1-22-15(19)10-18(13-6-4-12(17)5-7-13)23(20,21)14-8-2-11(16)3-9-14/h2-9H,10H2,1H3. The number of hydrogen-bond acceptors (Lipinski definition) is 4. The fourth-order valence-electron chi connectivity index (χ4n) is 1.84. The summed E-state index contributed by atoms with van der Waals surface area (Å²) in [5.41, 5.74) is 0.402. The molecule has 0 bridgehead atoms. The van der Waals surface area contributed by atoms with Crippen molar-refractivity contribution in [1.29, 1.82) is 0 Å².